The number of nitrogens with zero attached hydrogens (tertiary/aromatic N) is 1. The molecule has 1 unspecified atom stereocenters. The summed E-state index contributed by atoms with van der Waals surface area (Å²) >= 11 is 0. The smallest absolute Gasteiger partial charge is 0.165 e. The number of rotatable bonds is 5. The van der Waals surface area contributed by atoms with Crippen LogP contribution in [0.4, 0.5) is 4.39 Å². The van der Waals surface area contributed by atoms with Crippen molar-refractivity contribution in [2.75, 3.05) is 40.4 Å². The normalized spacial score (nSPS) is 20.5. The van der Waals surface area contributed by atoms with Gasteiger partial charge in [-0.2, -0.15) is 0 Å². The number of hydrogen-bond donors (Lipinski definition) is 1. The van der Waals surface area contributed by atoms with Gasteiger partial charge in [-0.3, -0.25) is 0 Å². The van der Waals surface area contributed by atoms with Crippen LogP contribution in [0.1, 0.15) is 5.56 Å². The minimum atomic E-state index is -0.322. The summed E-state index contributed by atoms with van der Waals surface area (Å²) in [4.78, 5) is 2.18. The van der Waals surface area contributed by atoms with Gasteiger partial charge in [0.2, 0.25) is 0 Å². The van der Waals surface area contributed by atoms with Gasteiger partial charge in [-0.15, -0.1) is 0 Å². The molecule has 0 saturated carbocycles. The Morgan fingerprint density at radius 1 is 1.53 bits per heavy atom. The topological polar surface area (TPSA) is 33.7 Å². The third-order valence-electron chi connectivity index (χ3n) is 3.14. The molecule has 1 aromatic rings. The molecule has 1 atom stereocenters. The molecular weight excluding hydrogens is 247 g/mol. The van der Waals surface area contributed by atoms with Crippen molar-refractivity contribution < 1.29 is 13.9 Å². The Balaban J connectivity index is 1.88. The van der Waals surface area contributed by atoms with Gasteiger partial charge in [-0.1, -0.05) is 6.07 Å². The van der Waals surface area contributed by atoms with E-state index in [2.05, 4.69) is 10.2 Å². The van der Waals surface area contributed by atoms with Crippen LogP contribution in [-0.4, -0.2) is 51.4 Å². The molecule has 1 heterocycles. The van der Waals surface area contributed by atoms with E-state index in [1.54, 1.807) is 6.07 Å². The predicted molar refractivity (Wildman–Crippen MR) is 71.9 cm³/mol. The molecule has 1 saturated heterocycles. The van der Waals surface area contributed by atoms with Gasteiger partial charge in [-0.05, 0) is 31.8 Å². The number of ether oxygens (including phenoxy) is 2. The van der Waals surface area contributed by atoms with E-state index in [0.717, 1.165) is 18.7 Å². The first-order chi connectivity index (χ1) is 9.19. The molecule has 0 aliphatic carbocycles. The van der Waals surface area contributed by atoms with Crippen LogP contribution in [0.15, 0.2) is 18.2 Å². The predicted octanol–water partition coefficient (Wildman–Crippen LogP) is 1.25. The Bertz CT molecular complexity index is 414. The first kappa shape index (κ1) is 14.2. The van der Waals surface area contributed by atoms with E-state index >= 15 is 0 Å². The first-order valence-corrected chi connectivity index (χ1v) is 6.55. The molecule has 0 radical (unpaired) electrons. The van der Waals surface area contributed by atoms with Crippen molar-refractivity contribution in [1.29, 1.82) is 0 Å². The van der Waals surface area contributed by atoms with Crippen molar-refractivity contribution in [2.24, 2.45) is 0 Å². The first-order valence-electron chi connectivity index (χ1n) is 6.55. The highest BCUT2D eigenvalue weighted by Gasteiger charge is 2.18. The molecule has 0 aromatic heterocycles. The van der Waals surface area contributed by atoms with Crippen LogP contribution in [0.2, 0.25) is 0 Å². The Morgan fingerprint density at radius 3 is 3.05 bits per heavy atom. The standard InChI is InChI=1S/C14H21FN2O2/c1-16-8-11-3-4-14(13(15)7-11)19-10-12-9-17(2)5-6-18-12/h3-4,7,12,16H,5-6,8-10H2,1-2H3. The Morgan fingerprint density at radius 2 is 2.37 bits per heavy atom. The number of benzene rings is 1. The van der Waals surface area contributed by atoms with Crippen molar-refractivity contribution in [1.82, 2.24) is 10.2 Å². The van der Waals surface area contributed by atoms with Gasteiger partial charge in [0.15, 0.2) is 11.6 Å². The summed E-state index contributed by atoms with van der Waals surface area (Å²) in [6.45, 7) is 3.48. The second kappa shape index (κ2) is 6.84. The third kappa shape index (κ3) is 4.16. The number of morpholine rings is 1. The third-order valence-corrected chi connectivity index (χ3v) is 3.14. The summed E-state index contributed by atoms with van der Waals surface area (Å²) < 4.78 is 24.9. The minimum Gasteiger partial charge on any atom is -0.488 e. The highest BCUT2D eigenvalue weighted by molar-refractivity contribution is 5.29. The van der Waals surface area contributed by atoms with Crippen molar-refractivity contribution >= 4 is 0 Å². The fourth-order valence-corrected chi connectivity index (χ4v) is 2.13. The molecule has 1 aliphatic heterocycles. The number of likely N-dealkylation sites (N-methyl/N-ethyl adjacent to an activating group) is 1. The molecule has 1 fully saturated rings. The van der Waals surface area contributed by atoms with Crippen molar-refractivity contribution in [2.45, 2.75) is 12.6 Å². The lowest BCUT2D eigenvalue weighted by atomic mass is 10.2. The molecular formula is C14H21FN2O2. The van der Waals surface area contributed by atoms with Gasteiger partial charge < -0.3 is 19.7 Å². The van der Waals surface area contributed by atoms with E-state index in [-0.39, 0.29) is 17.7 Å². The van der Waals surface area contributed by atoms with Crippen molar-refractivity contribution in [3.63, 3.8) is 0 Å². The van der Waals surface area contributed by atoms with Gasteiger partial charge >= 0.3 is 0 Å². The van der Waals surface area contributed by atoms with E-state index in [9.17, 15) is 4.39 Å². The molecule has 1 aromatic carbocycles. The van der Waals surface area contributed by atoms with Crippen molar-refractivity contribution in [3.8, 4) is 5.75 Å². The maximum atomic E-state index is 13.8. The summed E-state index contributed by atoms with van der Waals surface area (Å²) in [7, 11) is 3.88. The molecule has 4 nitrogen and oxygen atoms in total. The highest BCUT2D eigenvalue weighted by atomic mass is 19.1. The molecule has 2 rings (SSSR count). The summed E-state index contributed by atoms with van der Waals surface area (Å²) in [5.74, 6) is -0.0337. The molecule has 19 heavy (non-hydrogen) atoms. The van der Waals surface area contributed by atoms with Crippen LogP contribution in [0.5, 0.6) is 5.75 Å². The van der Waals surface area contributed by atoms with E-state index in [0.29, 0.717) is 19.8 Å². The van der Waals surface area contributed by atoms with Gasteiger partial charge in [0.1, 0.15) is 12.7 Å². The maximum absolute atomic E-state index is 13.8. The van der Waals surface area contributed by atoms with Crippen LogP contribution >= 0.6 is 0 Å². The second-order valence-corrected chi connectivity index (χ2v) is 4.86. The quantitative estimate of drug-likeness (QED) is 0.871. The number of halogens is 1. The van der Waals surface area contributed by atoms with Gasteiger partial charge in [0.05, 0.1) is 6.61 Å². The molecule has 0 bridgehead atoms. The second-order valence-electron chi connectivity index (χ2n) is 4.86. The fraction of sp³-hybridized carbons (Fsp3) is 0.571. The zero-order chi connectivity index (χ0) is 13.7. The summed E-state index contributed by atoms with van der Waals surface area (Å²) in [6.07, 6.45) is 0.00938. The fourth-order valence-electron chi connectivity index (χ4n) is 2.13. The number of hydrogen-bond acceptors (Lipinski definition) is 4. The average Bonchev–Trinajstić information content (AvgIpc) is 2.38. The number of nitrogens with one attached hydrogen (secondary N) is 1. The lowest BCUT2D eigenvalue weighted by molar-refractivity contribution is -0.0408. The van der Waals surface area contributed by atoms with E-state index in [4.69, 9.17) is 9.47 Å². The molecule has 0 spiro atoms. The summed E-state index contributed by atoms with van der Waals surface area (Å²) in [6, 6.07) is 5.04. The van der Waals surface area contributed by atoms with Crippen LogP contribution in [0.3, 0.4) is 0 Å². The van der Waals surface area contributed by atoms with Gasteiger partial charge in [0, 0.05) is 19.6 Å². The average molecular weight is 268 g/mol. The van der Waals surface area contributed by atoms with E-state index in [1.807, 2.05) is 20.2 Å². The molecule has 106 valence electrons. The van der Waals surface area contributed by atoms with Gasteiger partial charge in [-0.25, -0.2) is 4.39 Å². The summed E-state index contributed by atoms with van der Waals surface area (Å²) in [5, 5.41) is 2.99. The van der Waals surface area contributed by atoms with Crippen molar-refractivity contribution in [3.05, 3.63) is 29.6 Å². The van der Waals surface area contributed by atoms with Crippen LogP contribution in [0.25, 0.3) is 0 Å². The molecule has 5 heteroatoms. The zero-order valence-electron chi connectivity index (χ0n) is 11.5. The van der Waals surface area contributed by atoms with E-state index < -0.39 is 0 Å². The zero-order valence-corrected chi connectivity index (χ0v) is 11.5. The lowest BCUT2D eigenvalue weighted by Crippen LogP contribution is -2.42. The highest BCUT2D eigenvalue weighted by Crippen LogP contribution is 2.19. The molecule has 1 aliphatic rings. The maximum Gasteiger partial charge on any atom is 0.165 e. The minimum absolute atomic E-state index is 0.00938. The van der Waals surface area contributed by atoms with Crippen LogP contribution in [0, 0.1) is 5.82 Å². The largest absolute Gasteiger partial charge is 0.488 e. The SMILES string of the molecule is CNCc1ccc(OCC2CN(C)CCO2)c(F)c1. The molecule has 1 N–H and O–H groups in total. The van der Waals surface area contributed by atoms with E-state index in [1.165, 1.54) is 6.07 Å². The monoisotopic (exact) mass is 268 g/mol. The van der Waals surface area contributed by atoms with Gasteiger partial charge in [0.25, 0.3) is 0 Å². The van der Waals surface area contributed by atoms with Crippen LogP contribution in [-0.2, 0) is 11.3 Å². The Hall–Kier alpha value is -1.17. The van der Waals surface area contributed by atoms with Crippen LogP contribution < -0.4 is 10.1 Å². The lowest BCUT2D eigenvalue weighted by Gasteiger charge is -2.29. The Kier molecular flexibility index (Phi) is 5.13. The Labute approximate surface area is 113 Å². The molecule has 0 amide bonds. The summed E-state index contributed by atoms with van der Waals surface area (Å²) in [5.41, 5.74) is 0.904.